The van der Waals surface area contributed by atoms with Gasteiger partial charge in [0.05, 0.1) is 4.92 Å². The average Bonchev–Trinajstić information content (AvgIpc) is 3.02. The molecule has 2 amide bonds. The molecule has 0 saturated heterocycles. The zero-order valence-corrected chi connectivity index (χ0v) is 25.6. The molecule has 0 aromatic heterocycles. The summed E-state index contributed by atoms with van der Waals surface area (Å²) in [6.07, 6.45) is 12.8. The molecule has 3 rings (SSSR count). The van der Waals surface area contributed by atoms with Crippen molar-refractivity contribution in [2.75, 3.05) is 32.7 Å². The summed E-state index contributed by atoms with van der Waals surface area (Å²) >= 11 is 0. The molecule has 240 valence electrons. The maximum absolute atomic E-state index is 13.7. The first-order chi connectivity index (χ1) is 20.6. The number of rotatable bonds is 13. The van der Waals surface area contributed by atoms with Crippen molar-refractivity contribution in [1.29, 1.82) is 0 Å². The molecular formula is C31H48N4O8. The number of carbonyl (C=O) groups is 4. The number of carboxylic acids is 2. The molecule has 2 N–H and O–H groups in total. The fourth-order valence-corrected chi connectivity index (χ4v) is 6.03. The number of benzene rings is 1. The van der Waals surface area contributed by atoms with Crippen LogP contribution in [-0.4, -0.2) is 98.4 Å². The Morgan fingerprint density at radius 2 is 1.28 bits per heavy atom. The number of nitrogens with zero attached hydrogens (tertiary/aromatic N) is 4. The molecule has 1 aromatic carbocycles. The Hall–Kier alpha value is -3.54. The van der Waals surface area contributed by atoms with Crippen LogP contribution in [0.1, 0.15) is 101 Å². The zero-order chi connectivity index (χ0) is 31.8. The van der Waals surface area contributed by atoms with Crippen molar-refractivity contribution < 1.29 is 34.3 Å². The third kappa shape index (κ3) is 11.9. The monoisotopic (exact) mass is 604 g/mol. The van der Waals surface area contributed by atoms with Crippen LogP contribution in [0.25, 0.3) is 0 Å². The summed E-state index contributed by atoms with van der Waals surface area (Å²) in [7, 11) is 0. The molecule has 0 atom stereocenters. The second-order valence-corrected chi connectivity index (χ2v) is 11.2. The summed E-state index contributed by atoms with van der Waals surface area (Å²) < 4.78 is 0. The quantitative estimate of drug-likeness (QED) is 0.183. The van der Waals surface area contributed by atoms with E-state index >= 15 is 0 Å². The van der Waals surface area contributed by atoms with Crippen LogP contribution in [0.3, 0.4) is 0 Å². The largest absolute Gasteiger partial charge is 0.473 e. The summed E-state index contributed by atoms with van der Waals surface area (Å²) in [4.78, 5) is 62.3. The highest BCUT2D eigenvalue weighted by Gasteiger charge is 2.32. The van der Waals surface area contributed by atoms with Crippen LogP contribution in [0.4, 0.5) is 5.69 Å². The summed E-state index contributed by atoms with van der Waals surface area (Å²) in [5.41, 5.74) is 0.396. The number of carbonyl (C=O) groups excluding carboxylic acids is 2. The standard InChI is InChI=1S/C29H46N4O4.C2H2O4/c1-3-30(4-2)21-11-22-31(29(35)24-16-18-27(19-17-24)33(36)37)23-20-28(34)32(25-12-7-5-8-13-25)26-14-9-6-10-15-26;3-1(4)2(5)6/h16-19,25-26H,3-15,20-23H2,1-2H3;(H,3,4)(H,5,6). The lowest BCUT2D eigenvalue weighted by Gasteiger charge is -2.42. The Morgan fingerprint density at radius 3 is 1.70 bits per heavy atom. The number of nitro benzene ring substituents is 1. The summed E-state index contributed by atoms with van der Waals surface area (Å²) in [6.45, 7) is 8.02. The highest BCUT2D eigenvalue weighted by Crippen LogP contribution is 2.31. The molecule has 0 heterocycles. The van der Waals surface area contributed by atoms with Crippen molar-refractivity contribution in [3.05, 3.63) is 39.9 Å². The minimum atomic E-state index is -1.82. The van der Waals surface area contributed by atoms with Gasteiger partial charge in [-0.1, -0.05) is 52.4 Å². The van der Waals surface area contributed by atoms with Gasteiger partial charge in [0.1, 0.15) is 0 Å². The molecular weight excluding hydrogens is 556 g/mol. The van der Waals surface area contributed by atoms with E-state index in [-0.39, 0.29) is 17.5 Å². The van der Waals surface area contributed by atoms with Gasteiger partial charge in [-0.25, -0.2) is 9.59 Å². The van der Waals surface area contributed by atoms with E-state index in [1.807, 2.05) is 0 Å². The Morgan fingerprint density at radius 1 is 0.791 bits per heavy atom. The third-order valence-corrected chi connectivity index (χ3v) is 8.41. The lowest BCUT2D eigenvalue weighted by molar-refractivity contribution is -0.384. The molecule has 2 saturated carbocycles. The molecule has 0 bridgehead atoms. The smallest absolute Gasteiger partial charge is 0.414 e. The number of carboxylic acid groups (broad SMARTS) is 2. The van der Waals surface area contributed by atoms with Crippen LogP contribution < -0.4 is 0 Å². The number of hydrogen-bond acceptors (Lipinski definition) is 7. The predicted molar refractivity (Wildman–Crippen MR) is 162 cm³/mol. The van der Waals surface area contributed by atoms with Crippen LogP contribution in [-0.2, 0) is 14.4 Å². The van der Waals surface area contributed by atoms with Crippen molar-refractivity contribution in [1.82, 2.24) is 14.7 Å². The molecule has 0 unspecified atom stereocenters. The molecule has 1 aromatic rings. The van der Waals surface area contributed by atoms with Gasteiger partial charge in [0.2, 0.25) is 5.91 Å². The van der Waals surface area contributed by atoms with Crippen LogP contribution in [0, 0.1) is 10.1 Å². The molecule has 0 spiro atoms. The normalized spacial score (nSPS) is 15.7. The van der Waals surface area contributed by atoms with E-state index in [1.165, 1.54) is 62.8 Å². The molecule has 2 aliphatic rings. The first-order valence-corrected chi connectivity index (χ1v) is 15.6. The van der Waals surface area contributed by atoms with Gasteiger partial charge >= 0.3 is 11.9 Å². The summed E-state index contributed by atoms with van der Waals surface area (Å²) in [5.74, 6) is -3.63. The second kappa shape index (κ2) is 18.9. The van der Waals surface area contributed by atoms with Crippen LogP contribution in [0.5, 0.6) is 0 Å². The highest BCUT2D eigenvalue weighted by atomic mass is 16.6. The lowest BCUT2D eigenvalue weighted by Crippen LogP contribution is -2.49. The first-order valence-electron chi connectivity index (χ1n) is 15.6. The Labute approximate surface area is 254 Å². The Bertz CT molecular complexity index is 1020. The van der Waals surface area contributed by atoms with Gasteiger partial charge in [-0.05, 0) is 63.9 Å². The van der Waals surface area contributed by atoms with Gasteiger partial charge < -0.3 is 24.9 Å². The highest BCUT2D eigenvalue weighted by molar-refractivity contribution is 6.27. The fourth-order valence-electron chi connectivity index (χ4n) is 6.03. The van der Waals surface area contributed by atoms with Gasteiger partial charge in [-0.15, -0.1) is 0 Å². The molecule has 43 heavy (non-hydrogen) atoms. The van der Waals surface area contributed by atoms with E-state index < -0.39 is 16.9 Å². The minimum absolute atomic E-state index is 0.0320. The SMILES string of the molecule is CCN(CC)CCCN(CCC(=O)N(C1CCCCC1)C1CCCCC1)C(=O)c1ccc([N+](=O)[O-])cc1.O=C(O)C(=O)O. The van der Waals surface area contributed by atoms with Crippen molar-refractivity contribution >= 4 is 29.4 Å². The van der Waals surface area contributed by atoms with Crippen molar-refractivity contribution in [3.63, 3.8) is 0 Å². The van der Waals surface area contributed by atoms with Crippen LogP contribution in [0.15, 0.2) is 24.3 Å². The lowest BCUT2D eigenvalue weighted by atomic mass is 9.88. The summed E-state index contributed by atoms with van der Waals surface area (Å²) in [6, 6.07) is 6.48. The molecule has 12 nitrogen and oxygen atoms in total. The molecule has 2 fully saturated rings. The van der Waals surface area contributed by atoms with E-state index in [4.69, 9.17) is 19.8 Å². The number of nitro groups is 1. The van der Waals surface area contributed by atoms with Crippen molar-refractivity contribution in [2.24, 2.45) is 0 Å². The van der Waals surface area contributed by atoms with Gasteiger partial charge in [0, 0.05) is 49.3 Å². The molecule has 12 heteroatoms. The number of aliphatic carboxylic acids is 2. The van der Waals surface area contributed by atoms with Crippen molar-refractivity contribution in [2.45, 2.75) is 103 Å². The number of non-ortho nitro benzene ring substituents is 1. The van der Waals surface area contributed by atoms with E-state index in [1.54, 1.807) is 4.90 Å². The van der Waals surface area contributed by atoms with Gasteiger partial charge in [0.25, 0.3) is 11.6 Å². The molecule has 2 aliphatic carbocycles. The van der Waals surface area contributed by atoms with Crippen LogP contribution in [0.2, 0.25) is 0 Å². The predicted octanol–water partition coefficient (Wildman–Crippen LogP) is 4.81. The van der Waals surface area contributed by atoms with Gasteiger partial charge in [0.15, 0.2) is 0 Å². The third-order valence-electron chi connectivity index (χ3n) is 8.41. The minimum Gasteiger partial charge on any atom is -0.473 e. The second-order valence-electron chi connectivity index (χ2n) is 11.2. The van der Waals surface area contributed by atoms with E-state index in [9.17, 15) is 19.7 Å². The zero-order valence-electron chi connectivity index (χ0n) is 25.6. The first kappa shape index (κ1) is 35.7. The van der Waals surface area contributed by atoms with E-state index in [0.717, 1.165) is 51.7 Å². The van der Waals surface area contributed by atoms with E-state index in [2.05, 4.69) is 23.6 Å². The Kier molecular flexibility index (Phi) is 15.7. The van der Waals surface area contributed by atoms with Gasteiger partial charge in [-0.3, -0.25) is 19.7 Å². The molecule has 0 radical (unpaired) electrons. The fraction of sp³-hybridized carbons (Fsp3) is 0.677. The van der Waals surface area contributed by atoms with Gasteiger partial charge in [-0.2, -0.15) is 0 Å². The maximum Gasteiger partial charge on any atom is 0.414 e. The number of hydrogen-bond donors (Lipinski definition) is 2. The Balaban J connectivity index is 0.000000973. The van der Waals surface area contributed by atoms with Crippen molar-refractivity contribution in [3.8, 4) is 0 Å². The topological polar surface area (TPSA) is 162 Å². The van der Waals surface area contributed by atoms with E-state index in [0.29, 0.717) is 37.2 Å². The summed E-state index contributed by atoms with van der Waals surface area (Å²) in [5, 5.41) is 25.8. The maximum atomic E-state index is 13.7. The number of amides is 2. The van der Waals surface area contributed by atoms with Crippen LogP contribution >= 0.6 is 0 Å². The molecule has 0 aliphatic heterocycles. The average molecular weight is 605 g/mol.